The Morgan fingerprint density at radius 1 is 1.04 bits per heavy atom. The number of quaternary nitrogens is 1. The number of amides is 2. The molecule has 7 heteroatoms. The number of benzene rings is 1. The van der Waals surface area contributed by atoms with Gasteiger partial charge in [-0.15, -0.1) is 0 Å². The highest BCUT2D eigenvalue weighted by Gasteiger charge is 2.27. The van der Waals surface area contributed by atoms with E-state index in [2.05, 4.69) is 17.0 Å². The van der Waals surface area contributed by atoms with Crippen LogP contribution in [0.4, 0.5) is 5.69 Å². The second kappa shape index (κ2) is 8.40. The highest BCUT2D eigenvalue weighted by atomic mass is 16.5. The minimum Gasteiger partial charge on any atom is -0.497 e. The van der Waals surface area contributed by atoms with E-state index in [1.54, 1.807) is 14.0 Å². The maximum absolute atomic E-state index is 12.5. The van der Waals surface area contributed by atoms with Gasteiger partial charge in [0.1, 0.15) is 5.75 Å². The predicted octanol–water partition coefficient (Wildman–Crippen LogP) is -0.909. The van der Waals surface area contributed by atoms with Crippen molar-refractivity contribution in [1.82, 2.24) is 9.80 Å². The van der Waals surface area contributed by atoms with Crippen molar-refractivity contribution >= 4 is 17.5 Å². The Balaban J connectivity index is 1.45. The van der Waals surface area contributed by atoms with Gasteiger partial charge < -0.3 is 24.3 Å². The van der Waals surface area contributed by atoms with E-state index in [0.717, 1.165) is 31.9 Å². The van der Waals surface area contributed by atoms with Gasteiger partial charge in [0.2, 0.25) is 5.91 Å². The summed E-state index contributed by atoms with van der Waals surface area (Å²) in [6, 6.07) is 8.13. The molecule has 2 saturated heterocycles. The lowest BCUT2D eigenvalue weighted by Crippen LogP contribution is -3.16. The molecule has 1 aromatic rings. The van der Waals surface area contributed by atoms with Crippen molar-refractivity contribution in [3.63, 3.8) is 0 Å². The number of carbonyl (C=O) groups excluding carboxylic acids is 2. The molecule has 0 saturated carbocycles. The normalized spacial score (nSPS) is 18.8. The van der Waals surface area contributed by atoms with Crippen molar-refractivity contribution in [2.24, 2.45) is 0 Å². The number of methoxy groups -OCH3 is 1. The molecule has 0 atom stereocenters. The van der Waals surface area contributed by atoms with Crippen molar-refractivity contribution in [1.29, 1.82) is 0 Å². The van der Waals surface area contributed by atoms with Crippen molar-refractivity contribution in [3.8, 4) is 5.75 Å². The maximum Gasteiger partial charge on any atom is 0.277 e. The summed E-state index contributed by atoms with van der Waals surface area (Å²) < 4.78 is 5.30. The van der Waals surface area contributed by atoms with E-state index in [-0.39, 0.29) is 11.8 Å². The molecular formula is C19H29N4O3+. The average molecular weight is 361 g/mol. The molecule has 0 aromatic heterocycles. The van der Waals surface area contributed by atoms with Gasteiger partial charge in [0.25, 0.3) is 5.91 Å². The molecule has 0 spiro atoms. The molecule has 0 bridgehead atoms. The van der Waals surface area contributed by atoms with Crippen LogP contribution in [-0.4, -0.2) is 87.6 Å². The monoisotopic (exact) mass is 361 g/mol. The van der Waals surface area contributed by atoms with Gasteiger partial charge in [0, 0.05) is 44.9 Å². The van der Waals surface area contributed by atoms with Gasteiger partial charge in [-0.3, -0.25) is 9.59 Å². The number of nitrogens with zero attached hydrogens (tertiary/aromatic N) is 3. The summed E-state index contributed by atoms with van der Waals surface area (Å²) in [6.07, 6.45) is 0. The lowest BCUT2D eigenvalue weighted by Gasteiger charge is -2.36. The first-order valence-corrected chi connectivity index (χ1v) is 9.32. The molecule has 1 aromatic carbocycles. The Bertz CT molecular complexity index is 635. The zero-order chi connectivity index (χ0) is 18.5. The van der Waals surface area contributed by atoms with E-state index in [9.17, 15) is 9.59 Å². The number of carbonyl (C=O) groups is 2. The van der Waals surface area contributed by atoms with E-state index in [1.165, 1.54) is 10.6 Å². The molecular weight excluding hydrogens is 332 g/mol. The van der Waals surface area contributed by atoms with Gasteiger partial charge in [-0.05, 0) is 12.1 Å². The third-order valence-corrected chi connectivity index (χ3v) is 5.37. The fraction of sp³-hybridized carbons (Fsp3) is 0.579. The molecule has 2 aliphatic heterocycles. The molecule has 2 aliphatic rings. The third-order valence-electron chi connectivity index (χ3n) is 5.37. The van der Waals surface area contributed by atoms with Crippen LogP contribution in [0.25, 0.3) is 0 Å². The van der Waals surface area contributed by atoms with Crippen molar-refractivity contribution in [2.75, 3.05) is 70.9 Å². The summed E-state index contributed by atoms with van der Waals surface area (Å²) in [5.74, 6) is 1.17. The fourth-order valence-corrected chi connectivity index (χ4v) is 3.66. The summed E-state index contributed by atoms with van der Waals surface area (Å²) in [4.78, 5) is 31.3. The summed E-state index contributed by atoms with van der Waals surface area (Å²) in [5.41, 5.74) is 1.18. The Hall–Kier alpha value is -2.28. The highest BCUT2D eigenvalue weighted by molar-refractivity contribution is 5.78. The van der Waals surface area contributed by atoms with Crippen LogP contribution in [0.3, 0.4) is 0 Å². The van der Waals surface area contributed by atoms with Crippen LogP contribution < -0.4 is 14.5 Å². The summed E-state index contributed by atoms with van der Waals surface area (Å²) >= 11 is 0. The Labute approximate surface area is 155 Å². The summed E-state index contributed by atoms with van der Waals surface area (Å²) in [5, 5.41) is 0. The van der Waals surface area contributed by atoms with Gasteiger partial charge in [-0.2, -0.15) is 0 Å². The van der Waals surface area contributed by atoms with Crippen LogP contribution in [0.1, 0.15) is 6.92 Å². The molecule has 0 radical (unpaired) electrons. The first kappa shape index (κ1) is 18.5. The van der Waals surface area contributed by atoms with Crippen LogP contribution in [-0.2, 0) is 9.59 Å². The van der Waals surface area contributed by atoms with Crippen molar-refractivity contribution in [2.45, 2.75) is 6.92 Å². The zero-order valence-corrected chi connectivity index (χ0v) is 15.7. The quantitative estimate of drug-likeness (QED) is 0.755. The van der Waals surface area contributed by atoms with Gasteiger partial charge in [-0.1, -0.05) is 6.07 Å². The molecule has 1 N–H and O–H groups in total. The Kier molecular flexibility index (Phi) is 5.98. The molecule has 2 amide bonds. The molecule has 142 valence electrons. The molecule has 7 nitrogen and oxygen atoms in total. The predicted molar refractivity (Wildman–Crippen MR) is 99.6 cm³/mol. The number of rotatable bonds is 4. The van der Waals surface area contributed by atoms with E-state index in [0.29, 0.717) is 32.7 Å². The second-order valence-corrected chi connectivity index (χ2v) is 7.00. The average Bonchev–Trinajstić information content (AvgIpc) is 2.68. The smallest absolute Gasteiger partial charge is 0.277 e. The minimum atomic E-state index is 0.0939. The SMILES string of the molecule is COc1cccc(N2CC[NH+](CC(=O)N3CCN(C(C)=O)CC3)CC2)c1. The van der Waals surface area contributed by atoms with E-state index >= 15 is 0 Å². The maximum atomic E-state index is 12.5. The summed E-state index contributed by atoms with van der Waals surface area (Å²) in [7, 11) is 1.68. The van der Waals surface area contributed by atoms with Crippen molar-refractivity contribution < 1.29 is 19.2 Å². The number of ether oxygens (including phenoxy) is 1. The zero-order valence-electron chi connectivity index (χ0n) is 15.7. The van der Waals surface area contributed by atoms with Crippen LogP contribution >= 0.6 is 0 Å². The standard InChI is InChI=1S/C19H28N4O3/c1-16(24)21-10-12-23(13-11-21)19(25)15-20-6-8-22(9-7-20)17-4-3-5-18(14-17)26-2/h3-5,14H,6-13,15H2,1-2H3/p+1. The summed E-state index contributed by atoms with van der Waals surface area (Å²) in [6.45, 7) is 8.53. The van der Waals surface area contributed by atoms with Crippen LogP contribution in [0.2, 0.25) is 0 Å². The van der Waals surface area contributed by atoms with E-state index < -0.39 is 0 Å². The first-order chi connectivity index (χ1) is 12.6. The molecule has 0 aliphatic carbocycles. The Morgan fingerprint density at radius 2 is 1.69 bits per heavy atom. The highest BCUT2D eigenvalue weighted by Crippen LogP contribution is 2.20. The third kappa shape index (κ3) is 4.46. The largest absolute Gasteiger partial charge is 0.497 e. The lowest BCUT2D eigenvalue weighted by atomic mass is 10.2. The van der Waals surface area contributed by atoms with Crippen LogP contribution in [0, 0.1) is 0 Å². The lowest BCUT2D eigenvalue weighted by molar-refractivity contribution is -0.892. The first-order valence-electron chi connectivity index (χ1n) is 9.32. The Morgan fingerprint density at radius 3 is 2.31 bits per heavy atom. The number of piperazine rings is 2. The molecule has 26 heavy (non-hydrogen) atoms. The van der Waals surface area contributed by atoms with Gasteiger partial charge in [0.15, 0.2) is 6.54 Å². The topological polar surface area (TPSA) is 57.5 Å². The number of nitrogens with one attached hydrogen (secondary N) is 1. The molecule has 2 heterocycles. The fourth-order valence-electron chi connectivity index (χ4n) is 3.66. The molecule has 0 unspecified atom stereocenters. The molecule has 2 fully saturated rings. The van der Waals surface area contributed by atoms with Crippen LogP contribution in [0.15, 0.2) is 24.3 Å². The molecule has 3 rings (SSSR count). The van der Waals surface area contributed by atoms with Gasteiger partial charge in [0.05, 0.1) is 33.3 Å². The van der Waals surface area contributed by atoms with Gasteiger partial charge in [-0.25, -0.2) is 0 Å². The van der Waals surface area contributed by atoms with E-state index in [4.69, 9.17) is 4.74 Å². The number of hydrogen-bond donors (Lipinski definition) is 1. The second-order valence-electron chi connectivity index (χ2n) is 7.00. The number of anilines is 1. The minimum absolute atomic E-state index is 0.0939. The van der Waals surface area contributed by atoms with Crippen LogP contribution in [0.5, 0.6) is 5.75 Å². The van der Waals surface area contributed by atoms with Crippen molar-refractivity contribution in [3.05, 3.63) is 24.3 Å². The van der Waals surface area contributed by atoms with Gasteiger partial charge >= 0.3 is 0 Å². The van der Waals surface area contributed by atoms with E-state index in [1.807, 2.05) is 21.9 Å². The number of hydrogen-bond acceptors (Lipinski definition) is 4.